The zero-order chi connectivity index (χ0) is 26.6. The molecule has 2 aromatic carbocycles. The van der Waals surface area contributed by atoms with E-state index in [1.54, 1.807) is 0 Å². The summed E-state index contributed by atoms with van der Waals surface area (Å²) in [7, 11) is 0. The fourth-order valence-corrected chi connectivity index (χ4v) is 4.46. The Morgan fingerprint density at radius 1 is 1.05 bits per heavy atom. The van der Waals surface area contributed by atoms with Crippen molar-refractivity contribution in [3.8, 4) is 0 Å². The van der Waals surface area contributed by atoms with Crippen LogP contribution in [0.25, 0.3) is 10.9 Å². The molecule has 200 valence electrons. The number of alkyl carbamates (subject to hydrolysis) is 1. The molecule has 1 fully saturated rings. The molecule has 2 N–H and O–H groups in total. The number of rotatable bonds is 7. The molecule has 0 unspecified atom stereocenters. The Labute approximate surface area is 215 Å². The monoisotopic (exact) mass is 517 g/mol. The molecule has 1 aliphatic heterocycles. The maximum Gasteiger partial charge on any atom is 0.407 e. The number of ether oxygens (including phenoxy) is 1. The maximum absolute atomic E-state index is 12.9. The predicted octanol–water partition coefficient (Wildman–Crippen LogP) is 6.47. The number of aromatic nitrogens is 2. The normalized spacial score (nSPS) is 15.1. The van der Waals surface area contributed by atoms with Gasteiger partial charge in [-0.25, -0.2) is 4.79 Å². The molecule has 0 atom stereocenters. The van der Waals surface area contributed by atoms with Crippen molar-refractivity contribution in [2.75, 3.05) is 29.9 Å². The summed E-state index contributed by atoms with van der Waals surface area (Å²) in [5.41, 5.74) is 3.23. The van der Waals surface area contributed by atoms with Crippen LogP contribution in [0.3, 0.4) is 0 Å². The maximum atomic E-state index is 12.9. The largest absolute Gasteiger partial charge is 0.444 e. The molecule has 0 radical (unpaired) electrons. The Morgan fingerprint density at radius 3 is 2.38 bits per heavy atom. The van der Waals surface area contributed by atoms with E-state index in [1.165, 1.54) is 0 Å². The highest BCUT2D eigenvalue weighted by atomic mass is 19.4. The second kappa shape index (κ2) is 10.9. The fourth-order valence-electron chi connectivity index (χ4n) is 4.46. The summed E-state index contributed by atoms with van der Waals surface area (Å²) in [4.78, 5) is 13.8. The van der Waals surface area contributed by atoms with E-state index in [1.807, 2.05) is 79.0 Å². The van der Waals surface area contributed by atoms with Gasteiger partial charge in [0.15, 0.2) is 0 Å². The number of benzene rings is 2. The molecule has 3 aromatic rings. The molecule has 0 aliphatic carbocycles. The molecule has 10 heteroatoms. The summed E-state index contributed by atoms with van der Waals surface area (Å²) in [6.07, 6.45) is -1.72. The van der Waals surface area contributed by atoms with Gasteiger partial charge in [-0.15, -0.1) is 0 Å². The molecule has 2 heterocycles. The summed E-state index contributed by atoms with van der Waals surface area (Å²) in [6.45, 7) is 7.46. The number of hydrogen-bond acceptors (Lipinski definition) is 5. The second-order valence-corrected chi connectivity index (χ2v) is 10.4. The molecule has 0 spiro atoms. The first kappa shape index (κ1) is 26.6. The summed E-state index contributed by atoms with van der Waals surface area (Å²) in [5, 5.41) is 11.6. The third kappa shape index (κ3) is 7.30. The smallest absolute Gasteiger partial charge is 0.407 e. The van der Waals surface area contributed by atoms with E-state index < -0.39 is 23.8 Å². The van der Waals surface area contributed by atoms with Crippen molar-refractivity contribution in [1.82, 2.24) is 15.1 Å². The van der Waals surface area contributed by atoms with Gasteiger partial charge in [-0.05, 0) is 82.5 Å². The van der Waals surface area contributed by atoms with Crippen molar-refractivity contribution in [2.24, 2.45) is 5.92 Å². The van der Waals surface area contributed by atoms with Crippen LogP contribution in [0, 0.1) is 5.92 Å². The Balaban J connectivity index is 1.28. The van der Waals surface area contributed by atoms with Crippen molar-refractivity contribution in [3.63, 3.8) is 0 Å². The highest BCUT2D eigenvalue weighted by Gasteiger charge is 2.41. The van der Waals surface area contributed by atoms with E-state index in [0.29, 0.717) is 26.2 Å². The number of anilines is 3. The molecule has 1 aliphatic rings. The van der Waals surface area contributed by atoms with Crippen LogP contribution in [0.2, 0.25) is 0 Å². The van der Waals surface area contributed by atoms with Gasteiger partial charge >= 0.3 is 12.3 Å². The van der Waals surface area contributed by atoms with Crippen LogP contribution in [0.4, 0.5) is 35.0 Å². The molecule has 1 amide bonds. The summed E-state index contributed by atoms with van der Waals surface area (Å²) < 4.78 is 45.9. The molecular formula is C27H34F3N5O2. The fraction of sp³-hybridized carbons (Fsp3) is 0.481. The number of aryl methyl sites for hydroxylation is 1. The number of amides is 1. The quantitative estimate of drug-likeness (QED) is 0.351. The summed E-state index contributed by atoms with van der Waals surface area (Å²) in [6, 6.07) is 13.8. The molecule has 1 saturated heterocycles. The van der Waals surface area contributed by atoms with Crippen LogP contribution in [0.5, 0.6) is 0 Å². The first-order valence-corrected chi connectivity index (χ1v) is 12.6. The van der Waals surface area contributed by atoms with E-state index in [4.69, 9.17) is 4.74 Å². The number of carbonyl (C=O) groups is 1. The first-order chi connectivity index (χ1) is 17.5. The highest BCUT2D eigenvalue weighted by molar-refractivity contribution is 5.83. The lowest BCUT2D eigenvalue weighted by molar-refractivity contribution is -0.179. The minimum Gasteiger partial charge on any atom is -0.444 e. The lowest BCUT2D eigenvalue weighted by Gasteiger charge is -2.34. The minimum absolute atomic E-state index is 0.136. The van der Waals surface area contributed by atoms with Gasteiger partial charge in [-0.1, -0.05) is 0 Å². The van der Waals surface area contributed by atoms with Gasteiger partial charge in [0.1, 0.15) is 5.60 Å². The molecule has 1 aromatic heterocycles. The van der Waals surface area contributed by atoms with Crippen molar-refractivity contribution in [1.29, 1.82) is 0 Å². The van der Waals surface area contributed by atoms with Gasteiger partial charge in [0.2, 0.25) is 0 Å². The Hall–Kier alpha value is -3.43. The van der Waals surface area contributed by atoms with Crippen molar-refractivity contribution >= 4 is 34.1 Å². The van der Waals surface area contributed by atoms with E-state index in [-0.39, 0.29) is 12.8 Å². The van der Waals surface area contributed by atoms with E-state index in [2.05, 4.69) is 15.7 Å². The molecular weight excluding hydrogens is 483 g/mol. The number of carbonyl (C=O) groups excluding carboxylic acids is 1. The van der Waals surface area contributed by atoms with E-state index in [0.717, 1.165) is 34.4 Å². The standard InChI is InChI=1S/C27H34F3N5O2/c1-26(2,3)37-25(36)31-13-4-14-35-24-10-7-22(17-19(24)18-32-35)33-21-5-8-23(9-6-21)34-15-11-20(12-16-34)27(28,29)30/h5-10,17-18,20,33H,4,11-16H2,1-3H3,(H,31,36). The van der Waals surface area contributed by atoms with Crippen LogP contribution >= 0.6 is 0 Å². The number of hydrogen-bond donors (Lipinski definition) is 2. The van der Waals surface area contributed by atoms with Gasteiger partial charge in [-0.3, -0.25) is 4.68 Å². The van der Waals surface area contributed by atoms with Crippen LogP contribution < -0.4 is 15.5 Å². The van der Waals surface area contributed by atoms with Gasteiger partial charge < -0.3 is 20.3 Å². The molecule has 37 heavy (non-hydrogen) atoms. The van der Waals surface area contributed by atoms with Gasteiger partial charge in [0.25, 0.3) is 0 Å². The number of halogens is 3. The lowest BCUT2D eigenvalue weighted by Crippen LogP contribution is -2.38. The minimum atomic E-state index is -4.10. The Kier molecular flexibility index (Phi) is 7.85. The Morgan fingerprint density at radius 2 is 1.73 bits per heavy atom. The number of nitrogens with zero attached hydrogens (tertiary/aromatic N) is 3. The number of nitrogens with one attached hydrogen (secondary N) is 2. The number of piperidine rings is 1. The predicted molar refractivity (Wildman–Crippen MR) is 139 cm³/mol. The summed E-state index contributed by atoms with van der Waals surface area (Å²) >= 11 is 0. The molecule has 7 nitrogen and oxygen atoms in total. The third-order valence-electron chi connectivity index (χ3n) is 6.34. The second-order valence-electron chi connectivity index (χ2n) is 10.4. The average Bonchev–Trinajstić information content (AvgIpc) is 3.23. The SMILES string of the molecule is CC(C)(C)OC(=O)NCCCn1ncc2cc(Nc3ccc(N4CCC(C(F)(F)F)CC4)cc3)ccc21. The Bertz CT molecular complexity index is 1190. The van der Waals surface area contributed by atoms with Crippen molar-refractivity contribution in [2.45, 2.75) is 58.4 Å². The molecule has 4 rings (SSSR count). The van der Waals surface area contributed by atoms with Crippen molar-refractivity contribution < 1.29 is 22.7 Å². The first-order valence-electron chi connectivity index (χ1n) is 12.6. The number of fused-ring (bicyclic) bond motifs is 1. The number of alkyl halides is 3. The highest BCUT2D eigenvalue weighted by Crippen LogP contribution is 2.35. The van der Waals surface area contributed by atoms with Gasteiger partial charge in [0, 0.05) is 48.6 Å². The third-order valence-corrected chi connectivity index (χ3v) is 6.34. The average molecular weight is 518 g/mol. The lowest BCUT2D eigenvalue weighted by atomic mass is 9.96. The van der Waals surface area contributed by atoms with Crippen LogP contribution in [-0.4, -0.2) is 47.3 Å². The summed E-state index contributed by atoms with van der Waals surface area (Å²) in [5.74, 6) is -1.20. The van der Waals surface area contributed by atoms with Crippen LogP contribution in [0.15, 0.2) is 48.7 Å². The molecule has 0 bridgehead atoms. The van der Waals surface area contributed by atoms with Crippen LogP contribution in [-0.2, 0) is 11.3 Å². The molecule has 0 saturated carbocycles. The topological polar surface area (TPSA) is 71.4 Å². The zero-order valence-corrected chi connectivity index (χ0v) is 21.4. The van der Waals surface area contributed by atoms with E-state index in [9.17, 15) is 18.0 Å². The van der Waals surface area contributed by atoms with Gasteiger partial charge in [0.05, 0.1) is 17.6 Å². The van der Waals surface area contributed by atoms with Crippen LogP contribution in [0.1, 0.15) is 40.0 Å². The van der Waals surface area contributed by atoms with E-state index >= 15 is 0 Å². The van der Waals surface area contributed by atoms with Gasteiger partial charge in [-0.2, -0.15) is 18.3 Å². The van der Waals surface area contributed by atoms with Crippen molar-refractivity contribution in [3.05, 3.63) is 48.7 Å². The zero-order valence-electron chi connectivity index (χ0n) is 21.4.